The number of carbonyl (C=O) groups is 1. The van der Waals surface area contributed by atoms with Gasteiger partial charge in [0.15, 0.2) is 0 Å². The molecule has 0 radical (unpaired) electrons. The molecule has 1 heterocycles. The number of benzene rings is 2. The molecular formula is C27H32FNO3. The number of methoxy groups -OCH3 is 1. The van der Waals surface area contributed by atoms with Gasteiger partial charge in [-0.05, 0) is 78.6 Å². The largest absolute Gasteiger partial charge is 0.493 e. The Kier molecular flexibility index (Phi) is 6.95. The summed E-state index contributed by atoms with van der Waals surface area (Å²) in [6.07, 6.45) is 2.92. The maximum absolute atomic E-state index is 13.1. The standard InChI is InChI=1S/C27H32FNO3/c1-18(12-20-4-8-24(28)9-5-20)17-32-25-10-11-26-19(2)22(7-6-21(26)13-25)14-29-15-23(16-29)27(30)31-3/h4-5,8-11,13,18,23H,6-7,12,14-17H2,1-3H3/t18-/m1/s1. The lowest BCUT2D eigenvalue weighted by Crippen LogP contribution is -2.51. The van der Waals surface area contributed by atoms with Gasteiger partial charge < -0.3 is 9.47 Å². The fourth-order valence-electron chi connectivity index (χ4n) is 4.70. The Labute approximate surface area is 190 Å². The molecule has 0 amide bonds. The van der Waals surface area contributed by atoms with E-state index >= 15 is 0 Å². The Hall–Kier alpha value is -2.66. The van der Waals surface area contributed by atoms with Gasteiger partial charge in [0.05, 0.1) is 19.6 Å². The Morgan fingerprint density at radius 3 is 2.62 bits per heavy atom. The molecule has 0 unspecified atom stereocenters. The van der Waals surface area contributed by atoms with Crippen molar-refractivity contribution in [1.29, 1.82) is 0 Å². The fraction of sp³-hybridized carbons (Fsp3) is 0.444. The highest BCUT2D eigenvalue weighted by Gasteiger charge is 2.34. The van der Waals surface area contributed by atoms with Crippen LogP contribution in [0.15, 0.2) is 48.0 Å². The first-order chi connectivity index (χ1) is 15.4. The van der Waals surface area contributed by atoms with Crippen LogP contribution >= 0.6 is 0 Å². The molecule has 1 aliphatic heterocycles. The topological polar surface area (TPSA) is 38.8 Å². The third kappa shape index (κ3) is 5.21. The van der Waals surface area contributed by atoms with E-state index in [1.54, 1.807) is 0 Å². The summed E-state index contributed by atoms with van der Waals surface area (Å²) in [7, 11) is 1.46. The van der Waals surface area contributed by atoms with Crippen molar-refractivity contribution in [3.8, 4) is 5.75 Å². The van der Waals surface area contributed by atoms with Crippen LogP contribution in [0.5, 0.6) is 5.75 Å². The zero-order valence-corrected chi connectivity index (χ0v) is 19.2. The molecule has 5 heteroatoms. The van der Waals surface area contributed by atoms with E-state index in [1.165, 1.54) is 41.5 Å². The van der Waals surface area contributed by atoms with E-state index in [1.807, 2.05) is 12.1 Å². The predicted octanol–water partition coefficient (Wildman–Crippen LogP) is 4.91. The monoisotopic (exact) mass is 437 g/mol. The molecule has 0 spiro atoms. The van der Waals surface area contributed by atoms with Gasteiger partial charge in [-0.1, -0.05) is 30.7 Å². The van der Waals surface area contributed by atoms with E-state index in [2.05, 4.69) is 36.9 Å². The van der Waals surface area contributed by atoms with Gasteiger partial charge in [0.2, 0.25) is 0 Å². The minimum atomic E-state index is -0.200. The SMILES string of the molecule is COC(=O)C1CN(CC2=C(C)c3ccc(OC[C@H](C)Cc4ccc(F)cc4)cc3CC2)C1. The number of allylic oxidation sites excluding steroid dienone is 1. The molecule has 1 fully saturated rings. The van der Waals surface area contributed by atoms with Gasteiger partial charge in [-0.25, -0.2) is 4.39 Å². The first-order valence-corrected chi connectivity index (χ1v) is 11.4. The zero-order valence-electron chi connectivity index (χ0n) is 19.2. The number of rotatable bonds is 8. The molecule has 0 N–H and O–H groups in total. The summed E-state index contributed by atoms with van der Waals surface area (Å²) in [6.45, 7) is 7.50. The molecule has 2 aliphatic rings. The average Bonchev–Trinajstić information content (AvgIpc) is 2.77. The van der Waals surface area contributed by atoms with Gasteiger partial charge in [-0.3, -0.25) is 9.69 Å². The number of likely N-dealkylation sites (tertiary alicyclic amines) is 1. The van der Waals surface area contributed by atoms with Gasteiger partial charge in [0, 0.05) is 19.6 Å². The Morgan fingerprint density at radius 2 is 1.91 bits per heavy atom. The van der Waals surface area contributed by atoms with E-state index in [0.29, 0.717) is 12.5 Å². The number of hydrogen-bond acceptors (Lipinski definition) is 4. The molecule has 0 bridgehead atoms. The molecule has 2 aromatic rings. The summed E-state index contributed by atoms with van der Waals surface area (Å²) in [5, 5.41) is 0. The molecule has 32 heavy (non-hydrogen) atoms. The quantitative estimate of drug-likeness (QED) is 0.550. The minimum absolute atomic E-state index is 0.0296. The van der Waals surface area contributed by atoms with E-state index in [9.17, 15) is 9.18 Å². The summed E-state index contributed by atoms with van der Waals surface area (Å²) in [6, 6.07) is 13.1. The zero-order chi connectivity index (χ0) is 22.7. The molecular weight excluding hydrogens is 405 g/mol. The summed E-state index contributed by atoms with van der Waals surface area (Å²) in [5.41, 5.74) is 6.58. The second-order valence-electron chi connectivity index (χ2n) is 9.21. The maximum Gasteiger partial charge on any atom is 0.311 e. The molecule has 1 saturated heterocycles. The molecule has 170 valence electrons. The molecule has 4 rings (SSSR count). The van der Waals surface area contributed by atoms with Gasteiger partial charge in [0.1, 0.15) is 11.6 Å². The van der Waals surface area contributed by atoms with Crippen LogP contribution in [-0.4, -0.2) is 44.2 Å². The van der Waals surface area contributed by atoms with Crippen molar-refractivity contribution in [2.24, 2.45) is 11.8 Å². The Bertz CT molecular complexity index is 992. The van der Waals surface area contributed by atoms with Crippen LogP contribution < -0.4 is 4.74 Å². The summed E-state index contributed by atoms with van der Waals surface area (Å²) < 4.78 is 24.0. The summed E-state index contributed by atoms with van der Waals surface area (Å²) in [5.74, 6) is 0.988. The van der Waals surface area contributed by atoms with Gasteiger partial charge in [-0.2, -0.15) is 0 Å². The van der Waals surface area contributed by atoms with Crippen molar-refractivity contribution in [2.75, 3.05) is 33.4 Å². The van der Waals surface area contributed by atoms with E-state index in [-0.39, 0.29) is 17.7 Å². The Balaban J connectivity index is 1.32. The highest BCUT2D eigenvalue weighted by atomic mass is 19.1. The second kappa shape index (κ2) is 9.86. The van der Waals surface area contributed by atoms with Crippen molar-refractivity contribution in [3.05, 3.63) is 70.5 Å². The van der Waals surface area contributed by atoms with Crippen LogP contribution in [0.1, 0.15) is 37.0 Å². The number of halogens is 1. The lowest BCUT2D eigenvalue weighted by atomic mass is 9.85. The van der Waals surface area contributed by atoms with Crippen molar-refractivity contribution >= 4 is 11.5 Å². The lowest BCUT2D eigenvalue weighted by molar-refractivity contribution is -0.151. The van der Waals surface area contributed by atoms with Gasteiger partial charge >= 0.3 is 5.97 Å². The van der Waals surface area contributed by atoms with E-state index < -0.39 is 0 Å². The Morgan fingerprint density at radius 1 is 1.16 bits per heavy atom. The van der Waals surface area contributed by atoms with Crippen LogP contribution in [0.4, 0.5) is 4.39 Å². The number of esters is 1. The number of carbonyl (C=O) groups excluding carboxylic acids is 1. The van der Waals surface area contributed by atoms with Crippen molar-refractivity contribution < 1.29 is 18.7 Å². The van der Waals surface area contributed by atoms with Crippen LogP contribution in [0.25, 0.3) is 5.57 Å². The highest BCUT2D eigenvalue weighted by Crippen LogP contribution is 2.34. The highest BCUT2D eigenvalue weighted by molar-refractivity contribution is 5.74. The number of aryl methyl sites for hydroxylation is 1. The van der Waals surface area contributed by atoms with Crippen molar-refractivity contribution in [3.63, 3.8) is 0 Å². The van der Waals surface area contributed by atoms with E-state index in [4.69, 9.17) is 9.47 Å². The smallest absolute Gasteiger partial charge is 0.311 e. The number of nitrogens with zero attached hydrogens (tertiary/aromatic N) is 1. The molecule has 2 aromatic carbocycles. The first-order valence-electron chi connectivity index (χ1n) is 11.4. The van der Waals surface area contributed by atoms with Gasteiger partial charge in [-0.15, -0.1) is 0 Å². The number of ether oxygens (including phenoxy) is 2. The fourth-order valence-corrected chi connectivity index (χ4v) is 4.70. The van der Waals surface area contributed by atoms with Crippen LogP contribution in [0.2, 0.25) is 0 Å². The normalized spacial score (nSPS) is 17.5. The average molecular weight is 438 g/mol. The molecule has 1 aliphatic carbocycles. The van der Waals surface area contributed by atoms with E-state index in [0.717, 1.165) is 50.2 Å². The summed E-state index contributed by atoms with van der Waals surface area (Å²) >= 11 is 0. The molecule has 0 aromatic heterocycles. The van der Waals surface area contributed by atoms with Crippen LogP contribution in [0.3, 0.4) is 0 Å². The lowest BCUT2D eigenvalue weighted by Gasteiger charge is -2.39. The summed E-state index contributed by atoms with van der Waals surface area (Å²) in [4.78, 5) is 13.9. The third-order valence-electron chi connectivity index (χ3n) is 6.65. The predicted molar refractivity (Wildman–Crippen MR) is 124 cm³/mol. The van der Waals surface area contributed by atoms with Crippen molar-refractivity contribution in [1.82, 2.24) is 4.90 Å². The third-order valence-corrected chi connectivity index (χ3v) is 6.65. The van der Waals surface area contributed by atoms with Crippen LogP contribution in [-0.2, 0) is 22.4 Å². The second-order valence-corrected chi connectivity index (χ2v) is 9.21. The maximum atomic E-state index is 13.1. The molecule has 4 nitrogen and oxygen atoms in total. The molecule has 0 saturated carbocycles. The van der Waals surface area contributed by atoms with Crippen LogP contribution in [0, 0.1) is 17.7 Å². The molecule has 1 atom stereocenters. The number of fused-ring (bicyclic) bond motifs is 1. The number of hydrogen-bond donors (Lipinski definition) is 0. The minimum Gasteiger partial charge on any atom is -0.493 e. The van der Waals surface area contributed by atoms with Crippen molar-refractivity contribution in [2.45, 2.75) is 33.1 Å². The van der Waals surface area contributed by atoms with Gasteiger partial charge in [0.25, 0.3) is 0 Å². The first kappa shape index (κ1) is 22.5.